The van der Waals surface area contributed by atoms with E-state index in [4.69, 9.17) is 14.3 Å². The Hall–Kier alpha value is -2.17. The van der Waals surface area contributed by atoms with E-state index in [1.165, 1.54) is 0 Å². The smallest absolute Gasteiger partial charge is 0.309 e. The highest BCUT2D eigenvalue weighted by Crippen LogP contribution is 2.37. The summed E-state index contributed by atoms with van der Waals surface area (Å²) in [7, 11) is 0. The molecule has 7 atom stereocenters. The van der Waals surface area contributed by atoms with Crippen LogP contribution in [0.3, 0.4) is 0 Å². The van der Waals surface area contributed by atoms with Gasteiger partial charge in [0.2, 0.25) is 0 Å². The molecule has 0 aromatic carbocycles. The maximum atomic E-state index is 13.4. The molecule has 0 amide bonds. The molecule has 0 radical (unpaired) electrons. The van der Waals surface area contributed by atoms with E-state index in [1.807, 2.05) is 32.2 Å². The fourth-order valence-corrected chi connectivity index (χ4v) is 5.58. The van der Waals surface area contributed by atoms with Gasteiger partial charge < -0.3 is 19.4 Å². The zero-order valence-corrected chi connectivity index (χ0v) is 22.7. The summed E-state index contributed by atoms with van der Waals surface area (Å²) in [6.07, 6.45) is 1.96. The van der Waals surface area contributed by atoms with Gasteiger partial charge in [-0.2, -0.15) is 0 Å². The van der Waals surface area contributed by atoms with Crippen LogP contribution < -0.4 is 0 Å². The van der Waals surface area contributed by atoms with Crippen molar-refractivity contribution in [1.29, 1.82) is 0 Å². The van der Waals surface area contributed by atoms with Crippen molar-refractivity contribution in [3.63, 3.8) is 0 Å². The number of epoxide rings is 1. The summed E-state index contributed by atoms with van der Waals surface area (Å²) in [6.45, 7) is 10.6. The first kappa shape index (κ1) is 28.4. The van der Waals surface area contributed by atoms with Gasteiger partial charge in [-0.3, -0.25) is 9.59 Å². The van der Waals surface area contributed by atoms with Crippen LogP contribution in [0.2, 0.25) is 0 Å². The van der Waals surface area contributed by atoms with Crippen LogP contribution in [0.5, 0.6) is 0 Å². The molecular formula is C26H38N2O7S. The average Bonchev–Trinajstić information content (AvgIpc) is 3.42. The summed E-state index contributed by atoms with van der Waals surface area (Å²) in [6, 6.07) is 0. The van der Waals surface area contributed by atoms with Gasteiger partial charge in [0.15, 0.2) is 5.34 Å². The number of ether oxygens (including phenoxy) is 2. The summed E-state index contributed by atoms with van der Waals surface area (Å²) < 4.78 is 11.7. The zero-order valence-electron chi connectivity index (χ0n) is 21.9. The second-order valence-electron chi connectivity index (χ2n) is 10.8. The quantitative estimate of drug-likeness (QED) is 0.259. The third-order valence-corrected chi connectivity index (χ3v) is 8.33. The number of rotatable bonds is 4. The van der Waals surface area contributed by atoms with Crippen molar-refractivity contribution >= 4 is 29.2 Å². The molecule has 9 nitrogen and oxygen atoms in total. The SMILES string of the molecule is C/C(=C\c1csc(C)n1)[C@@H]1C[C@@H]2O[C@@H]2CCC[C@H](C)C(ON=O)[C@@H](C)C(=O)C(C)(C)[C@@H](O)CC(=O)O1. The molecule has 2 aliphatic heterocycles. The molecule has 3 rings (SSSR count). The minimum Gasteiger partial charge on any atom is -0.458 e. The summed E-state index contributed by atoms with van der Waals surface area (Å²) in [5, 5.41) is 16.4. The molecule has 2 aliphatic rings. The average molecular weight is 523 g/mol. The number of aromatic nitrogens is 1. The third-order valence-electron chi connectivity index (χ3n) is 7.54. The van der Waals surface area contributed by atoms with Crippen LogP contribution in [0.1, 0.15) is 77.4 Å². The van der Waals surface area contributed by atoms with Crippen LogP contribution in [-0.2, 0) is 23.9 Å². The normalized spacial score (nSPS) is 34.4. The lowest BCUT2D eigenvalue weighted by Crippen LogP contribution is -2.46. The van der Waals surface area contributed by atoms with Crippen LogP contribution in [0.4, 0.5) is 0 Å². The van der Waals surface area contributed by atoms with Gasteiger partial charge in [0.25, 0.3) is 0 Å². The van der Waals surface area contributed by atoms with Crippen molar-refractivity contribution in [3.05, 3.63) is 26.6 Å². The Labute approximate surface area is 216 Å². The Kier molecular flexibility index (Phi) is 9.40. The second-order valence-corrected chi connectivity index (χ2v) is 11.8. The number of cyclic esters (lactones) is 1. The monoisotopic (exact) mass is 522 g/mol. The maximum Gasteiger partial charge on any atom is 0.309 e. The molecule has 1 aromatic rings. The molecule has 1 unspecified atom stereocenters. The number of aryl methyl sites for hydroxylation is 1. The fourth-order valence-electron chi connectivity index (χ4n) is 5.01. The third kappa shape index (κ3) is 6.98. The minimum atomic E-state index is -1.27. The number of carbonyl (C=O) groups is 2. The van der Waals surface area contributed by atoms with Gasteiger partial charge in [-0.15, -0.1) is 16.2 Å². The van der Waals surface area contributed by atoms with Crippen molar-refractivity contribution < 1.29 is 29.0 Å². The van der Waals surface area contributed by atoms with E-state index < -0.39 is 35.6 Å². The Bertz CT molecular complexity index is 975. The number of carbonyl (C=O) groups excluding carboxylic acids is 2. The van der Waals surface area contributed by atoms with Crippen LogP contribution in [0.25, 0.3) is 6.08 Å². The minimum absolute atomic E-state index is 0.0305. The number of nitrogens with zero attached hydrogens (tertiary/aromatic N) is 2. The first-order chi connectivity index (χ1) is 16.9. The second kappa shape index (κ2) is 11.9. The lowest BCUT2D eigenvalue weighted by atomic mass is 9.73. The molecule has 2 saturated heterocycles. The van der Waals surface area contributed by atoms with Gasteiger partial charge in [0.1, 0.15) is 18.0 Å². The number of ketones is 1. The number of fused-ring (bicyclic) bond motifs is 1. The summed E-state index contributed by atoms with van der Waals surface area (Å²) in [5.74, 6) is -1.70. The standard InChI is InChI=1S/C26H38N2O7S/c1-14-8-7-9-19-21(33-19)11-20(15(2)10-18-13-36-17(4)27-18)34-23(30)12-22(29)26(5,6)25(31)16(3)24(14)35-28-32/h10,13-14,16,19-22,24,29H,7-9,11-12H2,1-6H3/b15-10+/t14-,16+,19+,20-,21-,22-,24?/m0/s1. The largest absolute Gasteiger partial charge is 0.458 e. The van der Waals surface area contributed by atoms with Crippen molar-refractivity contribution in [2.24, 2.45) is 22.6 Å². The Balaban J connectivity index is 1.83. The number of aliphatic hydroxyl groups excluding tert-OH is 1. The van der Waals surface area contributed by atoms with Crippen molar-refractivity contribution in [1.82, 2.24) is 4.98 Å². The molecule has 2 fully saturated rings. The van der Waals surface area contributed by atoms with E-state index >= 15 is 0 Å². The highest BCUT2D eigenvalue weighted by molar-refractivity contribution is 7.09. The van der Waals surface area contributed by atoms with Gasteiger partial charge in [0, 0.05) is 11.8 Å². The van der Waals surface area contributed by atoms with Crippen molar-refractivity contribution in [2.75, 3.05) is 0 Å². The number of thiazole rings is 1. The van der Waals surface area contributed by atoms with Gasteiger partial charge in [0.05, 0.1) is 46.8 Å². The first-order valence-corrected chi connectivity index (χ1v) is 13.5. The van der Waals surface area contributed by atoms with Crippen LogP contribution in [-0.4, -0.2) is 52.4 Å². The number of esters is 1. The van der Waals surface area contributed by atoms with E-state index in [-0.39, 0.29) is 30.3 Å². The number of aliphatic hydroxyl groups is 1. The maximum absolute atomic E-state index is 13.4. The highest BCUT2D eigenvalue weighted by atomic mass is 32.1. The van der Waals surface area contributed by atoms with Gasteiger partial charge in [-0.05, 0) is 44.3 Å². The highest BCUT2D eigenvalue weighted by Gasteiger charge is 2.45. The summed E-state index contributed by atoms with van der Waals surface area (Å²) in [4.78, 5) is 46.8. The van der Waals surface area contributed by atoms with Crippen LogP contribution in [0.15, 0.2) is 16.3 Å². The molecule has 0 saturated carbocycles. The van der Waals surface area contributed by atoms with Crippen molar-refractivity contribution in [3.8, 4) is 0 Å². The number of Topliss-reactive ketones (excluding diaryl/α,β-unsaturated/α-hetero) is 1. The first-order valence-electron chi connectivity index (χ1n) is 12.6. The molecule has 0 aliphatic carbocycles. The van der Waals surface area contributed by atoms with Gasteiger partial charge in [-0.1, -0.05) is 34.1 Å². The lowest BCUT2D eigenvalue weighted by Gasteiger charge is -2.34. The lowest BCUT2D eigenvalue weighted by molar-refractivity contribution is -0.155. The summed E-state index contributed by atoms with van der Waals surface area (Å²) in [5.41, 5.74) is 0.392. The molecule has 3 heterocycles. The van der Waals surface area contributed by atoms with E-state index in [0.29, 0.717) is 6.42 Å². The number of hydrogen-bond acceptors (Lipinski definition) is 10. The molecule has 10 heteroatoms. The molecule has 0 bridgehead atoms. The zero-order chi connectivity index (χ0) is 26.6. The summed E-state index contributed by atoms with van der Waals surface area (Å²) >= 11 is 1.55. The molecule has 1 aromatic heterocycles. The Morgan fingerprint density at radius 1 is 1.28 bits per heavy atom. The van der Waals surface area contributed by atoms with Gasteiger partial charge in [-0.25, -0.2) is 4.98 Å². The van der Waals surface area contributed by atoms with Crippen LogP contribution in [0, 0.1) is 29.1 Å². The van der Waals surface area contributed by atoms with Crippen molar-refractivity contribution in [2.45, 2.75) is 104 Å². The van der Waals surface area contributed by atoms with E-state index in [1.54, 1.807) is 32.1 Å². The molecular weight excluding hydrogens is 484 g/mol. The Morgan fingerprint density at radius 2 is 2.00 bits per heavy atom. The van der Waals surface area contributed by atoms with E-state index in [9.17, 15) is 19.6 Å². The molecule has 36 heavy (non-hydrogen) atoms. The molecule has 0 spiro atoms. The van der Waals surface area contributed by atoms with Gasteiger partial charge >= 0.3 is 5.97 Å². The van der Waals surface area contributed by atoms with E-state index in [2.05, 4.69) is 10.3 Å². The van der Waals surface area contributed by atoms with Crippen LogP contribution >= 0.6 is 11.3 Å². The Morgan fingerprint density at radius 3 is 2.64 bits per heavy atom. The molecule has 200 valence electrons. The predicted molar refractivity (Wildman–Crippen MR) is 136 cm³/mol. The molecule has 1 N–H and O–H groups in total. The predicted octanol–water partition coefficient (Wildman–Crippen LogP) is 4.79. The fraction of sp³-hybridized carbons (Fsp3) is 0.731. The van der Waals surface area contributed by atoms with E-state index in [0.717, 1.165) is 35.5 Å². The topological polar surface area (TPSA) is 128 Å². The number of hydrogen-bond donors (Lipinski definition) is 1.